The SMILES string of the molecule is C=C(CN(C)CC)/C(=N/S)C(=[NH2+])OCCCCCC. The minimum atomic E-state index is 0.320. The summed E-state index contributed by atoms with van der Waals surface area (Å²) < 4.78 is 9.40. The smallest absolute Gasteiger partial charge is 0.386 e. The van der Waals surface area contributed by atoms with Gasteiger partial charge in [-0.3, -0.25) is 0 Å². The van der Waals surface area contributed by atoms with E-state index in [-0.39, 0.29) is 0 Å². The van der Waals surface area contributed by atoms with Crippen LogP contribution in [0.1, 0.15) is 39.5 Å². The van der Waals surface area contributed by atoms with Gasteiger partial charge in [0.05, 0.1) is 6.61 Å². The van der Waals surface area contributed by atoms with Gasteiger partial charge in [0.15, 0.2) is 5.71 Å². The van der Waals surface area contributed by atoms with E-state index in [4.69, 9.17) is 10.1 Å². The van der Waals surface area contributed by atoms with Gasteiger partial charge in [0.2, 0.25) is 0 Å². The maximum absolute atomic E-state index is 5.90. The first-order valence-electron chi connectivity index (χ1n) is 6.91. The Balaban J connectivity index is 4.15. The summed E-state index contributed by atoms with van der Waals surface area (Å²) in [4.78, 5) is 2.12. The van der Waals surface area contributed by atoms with Gasteiger partial charge in [-0.1, -0.05) is 39.7 Å². The average molecular weight is 286 g/mol. The zero-order valence-electron chi connectivity index (χ0n) is 12.5. The number of hydrogen-bond donors (Lipinski definition) is 2. The quantitative estimate of drug-likeness (QED) is 0.277. The molecule has 0 aromatic carbocycles. The van der Waals surface area contributed by atoms with E-state index in [0.29, 0.717) is 24.8 Å². The number of ether oxygens (including phenoxy) is 1. The van der Waals surface area contributed by atoms with E-state index in [1.54, 1.807) is 0 Å². The molecule has 0 aliphatic heterocycles. The monoisotopic (exact) mass is 286 g/mol. The van der Waals surface area contributed by atoms with Gasteiger partial charge in [0.25, 0.3) is 0 Å². The summed E-state index contributed by atoms with van der Waals surface area (Å²) in [6, 6.07) is 0. The normalized spacial score (nSPS) is 11.7. The summed E-state index contributed by atoms with van der Waals surface area (Å²) in [5.74, 6) is 0.320. The zero-order valence-corrected chi connectivity index (χ0v) is 13.4. The third kappa shape index (κ3) is 8.06. The van der Waals surface area contributed by atoms with Crippen LogP contribution in [0.3, 0.4) is 0 Å². The van der Waals surface area contributed by atoms with Crippen molar-refractivity contribution in [3.05, 3.63) is 12.2 Å². The third-order valence-electron chi connectivity index (χ3n) is 2.92. The van der Waals surface area contributed by atoms with Gasteiger partial charge < -0.3 is 9.64 Å². The van der Waals surface area contributed by atoms with Crippen LogP contribution in [0.15, 0.2) is 16.5 Å². The fourth-order valence-corrected chi connectivity index (χ4v) is 1.83. The predicted molar refractivity (Wildman–Crippen MR) is 85.8 cm³/mol. The summed E-state index contributed by atoms with van der Waals surface area (Å²) in [6.07, 6.45) is 4.61. The van der Waals surface area contributed by atoms with E-state index in [9.17, 15) is 0 Å². The minimum absolute atomic E-state index is 0.320. The number of hydrogen-bond acceptors (Lipinski definition) is 4. The van der Waals surface area contributed by atoms with Gasteiger partial charge in [0.1, 0.15) is 0 Å². The second-order valence-electron chi connectivity index (χ2n) is 4.66. The molecule has 4 nitrogen and oxygen atoms in total. The number of rotatable bonds is 10. The molecule has 0 aromatic rings. The Morgan fingerprint density at radius 1 is 1.32 bits per heavy atom. The molecule has 0 spiro atoms. The van der Waals surface area contributed by atoms with Gasteiger partial charge in [0, 0.05) is 6.54 Å². The Labute approximate surface area is 123 Å². The number of unbranched alkanes of at least 4 members (excludes halogenated alkanes) is 3. The Morgan fingerprint density at radius 3 is 2.53 bits per heavy atom. The van der Waals surface area contributed by atoms with Crippen LogP contribution in [-0.4, -0.2) is 43.3 Å². The standard InChI is InChI=1S/C14H27N3OS/c1-5-7-8-9-10-18-14(15)13(16-19)12(3)11-17(4)6-2/h15,19H,3,5-11H2,1-2,4H3/p+1/b15-14?,16-13-. The molecule has 0 heterocycles. The predicted octanol–water partition coefficient (Wildman–Crippen LogP) is 1.53. The molecule has 0 aromatic heterocycles. The fraction of sp³-hybridized carbons (Fsp3) is 0.714. The highest BCUT2D eigenvalue weighted by Crippen LogP contribution is 2.04. The molecule has 0 aliphatic carbocycles. The lowest BCUT2D eigenvalue weighted by Gasteiger charge is -2.15. The largest absolute Gasteiger partial charge is 0.443 e. The Morgan fingerprint density at radius 2 is 2.00 bits per heavy atom. The molecule has 0 amide bonds. The first kappa shape index (κ1) is 18.2. The third-order valence-corrected chi connectivity index (χ3v) is 3.12. The van der Waals surface area contributed by atoms with Gasteiger partial charge in [-0.2, -0.15) is 0 Å². The molecule has 2 N–H and O–H groups in total. The second-order valence-corrected chi connectivity index (χ2v) is 4.86. The van der Waals surface area contributed by atoms with E-state index in [2.05, 4.69) is 42.5 Å². The van der Waals surface area contributed by atoms with Crippen LogP contribution in [0.25, 0.3) is 0 Å². The summed E-state index contributed by atoms with van der Waals surface area (Å²) in [5.41, 5.74) is 1.38. The first-order valence-corrected chi connectivity index (χ1v) is 7.31. The Hall–Kier alpha value is -0.810. The molecule has 110 valence electrons. The van der Waals surface area contributed by atoms with Crippen molar-refractivity contribution < 1.29 is 10.1 Å². The van der Waals surface area contributed by atoms with Crippen molar-refractivity contribution in [3.63, 3.8) is 0 Å². The van der Waals surface area contributed by atoms with Crippen LogP contribution in [0.2, 0.25) is 0 Å². The highest BCUT2D eigenvalue weighted by molar-refractivity contribution is 7.79. The minimum Gasteiger partial charge on any atom is -0.443 e. The first-order chi connectivity index (χ1) is 9.06. The van der Waals surface area contributed by atoms with Crippen LogP contribution in [0, 0.1) is 0 Å². The molecular formula is C14H28N3OS+. The number of likely N-dealkylation sites (N-methyl/N-ethyl adjacent to an activating group) is 1. The van der Waals surface area contributed by atoms with Crippen LogP contribution < -0.4 is 5.41 Å². The second kappa shape index (κ2) is 11.1. The van der Waals surface area contributed by atoms with Crippen LogP contribution >= 0.6 is 12.8 Å². The molecule has 19 heavy (non-hydrogen) atoms. The summed E-state index contributed by atoms with van der Waals surface area (Å²) >= 11 is 3.95. The van der Waals surface area contributed by atoms with Gasteiger partial charge >= 0.3 is 5.90 Å². The van der Waals surface area contributed by atoms with Gasteiger partial charge in [-0.25, -0.2) is 9.81 Å². The molecule has 0 rings (SSSR count). The summed E-state index contributed by atoms with van der Waals surface area (Å²) in [7, 11) is 2.02. The molecule has 0 radical (unpaired) electrons. The lowest BCUT2D eigenvalue weighted by molar-refractivity contribution is -0.135. The highest BCUT2D eigenvalue weighted by atomic mass is 32.1. The Bertz CT molecular complexity index is 316. The lowest BCUT2D eigenvalue weighted by atomic mass is 10.1. The number of thiol groups is 1. The molecule has 0 aliphatic rings. The zero-order chi connectivity index (χ0) is 14.7. The molecular weight excluding hydrogens is 258 g/mol. The topological polar surface area (TPSA) is 50.4 Å². The van der Waals surface area contributed by atoms with E-state index in [1.807, 2.05) is 7.05 Å². The molecule has 0 saturated heterocycles. The van der Waals surface area contributed by atoms with Crippen molar-refractivity contribution >= 4 is 24.4 Å². The van der Waals surface area contributed by atoms with Crippen LogP contribution in [0.4, 0.5) is 0 Å². The van der Waals surface area contributed by atoms with E-state index in [0.717, 1.165) is 25.0 Å². The number of nitrogens with two attached hydrogens (primary N) is 1. The van der Waals surface area contributed by atoms with Crippen molar-refractivity contribution in [2.75, 3.05) is 26.7 Å². The summed E-state index contributed by atoms with van der Waals surface area (Å²) in [5, 5.41) is 5.90. The van der Waals surface area contributed by atoms with E-state index in [1.165, 1.54) is 12.8 Å². The average Bonchev–Trinajstić information content (AvgIpc) is 2.39. The molecule has 0 fully saturated rings. The maximum Gasteiger partial charge on any atom is 0.386 e. The Kier molecular flexibility index (Phi) is 10.6. The highest BCUT2D eigenvalue weighted by Gasteiger charge is 2.18. The lowest BCUT2D eigenvalue weighted by Crippen LogP contribution is -2.48. The van der Waals surface area contributed by atoms with Gasteiger partial charge in [-0.15, -0.1) is 0 Å². The van der Waals surface area contributed by atoms with Gasteiger partial charge in [-0.05, 0) is 38.4 Å². The molecule has 0 saturated carbocycles. The molecule has 0 bridgehead atoms. The molecule has 0 atom stereocenters. The van der Waals surface area contributed by atoms with Crippen molar-refractivity contribution in [2.45, 2.75) is 39.5 Å². The van der Waals surface area contributed by atoms with Crippen molar-refractivity contribution in [1.29, 1.82) is 0 Å². The van der Waals surface area contributed by atoms with Crippen molar-refractivity contribution in [2.24, 2.45) is 4.40 Å². The van der Waals surface area contributed by atoms with Crippen molar-refractivity contribution in [3.8, 4) is 0 Å². The van der Waals surface area contributed by atoms with Crippen molar-refractivity contribution in [1.82, 2.24) is 4.90 Å². The fourth-order valence-electron chi connectivity index (χ4n) is 1.59. The summed E-state index contributed by atoms with van der Waals surface area (Å²) in [6.45, 7) is 10.5. The number of nitrogens with zero attached hydrogens (tertiary/aromatic N) is 2. The maximum atomic E-state index is 5.90. The van der Waals surface area contributed by atoms with E-state index >= 15 is 0 Å². The van der Waals surface area contributed by atoms with E-state index < -0.39 is 0 Å². The molecule has 5 heteroatoms. The van der Waals surface area contributed by atoms with Crippen LogP contribution in [0.5, 0.6) is 0 Å². The van der Waals surface area contributed by atoms with Crippen LogP contribution in [-0.2, 0) is 4.74 Å². The molecule has 0 unspecified atom stereocenters.